The lowest BCUT2D eigenvalue weighted by atomic mass is 9.82. The summed E-state index contributed by atoms with van der Waals surface area (Å²) < 4.78 is 5.64. The van der Waals surface area contributed by atoms with E-state index in [0.29, 0.717) is 12.3 Å². The first-order valence-electron chi connectivity index (χ1n) is 7.89. The number of aryl methyl sites for hydroxylation is 2. The van der Waals surface area contributed by atoms with Crippen LogP contribution in [0.2, 0.25) is 0 Å². The maximum atomic E-state index is 10.6. The number of benzene rings is 1. The Morgan fingerprint density at radius 3 is 2.55 bits per heavy atom. The molecule has 2 nitrogen and oxygen atoms in total. The Labute approximate surface area is 123 Å². The van der Waals surface area contributed by atoms with E-state index in [4.69, 9.17) is 4.74 Å². The van der Waals surface area contributed by atoms with Crippen molar-refractivity contribution in [1.82, 2.24) is 0 Å². The van der Waals surface area contributed by atoms with Crippen LogP contribution in [0.15, 0.2) is 18.2 Å². The molecule has 1 aliphatic rings. The SMILES string of the molecule is COC(C(O)Cc1cc(C)ccc1C)C1CCCCC1. The van der Waals surface area contributed by atoms with E-state index in [2.05, 4.69) is 32.0 Å². The molecule has 2 heteroatoms. The zero-order valence-electron chi connectivity index (χ0n) is 13.1. The summed E-state index contributed by atoms with van der Waals surface area (Å²) in [4.78, 5) is 0. The first-order valence-corrected chi connectivity index (χ1v) is 7.89. The fraction of sp³-hybridized carbons (Fsp3) is 0.667. The summed E-state index contributed by atoms with van der Waals surface area (Å²) in [6.45, 7) is 4.22. The Hall–Kier alpha value is -0.860. The topological polar surface area (TPSA) is 29.5 Å². The summed E-state index contributed by atoms with van der Waals surface area (Å²) in [5, 5.41) is 10.6. The molecule has 1 fully saturated rings. The molecule has 0 bridgehead atoms. The van der Waals surface area contributed by atoms with Crippen molar-refractivity contribution in [1.29, 1.82) is 0 Å². The lowest BCUT2D eigenvalue weighted by Crippen LogP contribution is -2.37. The van der Waals surface area contributed by atoms with Crippen LogP contribution in [0, 0.1) is 19.8 Å². The molecule has 1 N–H and O–H groups in total. The number of aliphatic hydroxyl groups is 1. The van der Waals surface area contributed by atoms with Gasteiger partial charge in [0.15, 0.2) is 0 Å². The second-order valence-electron chi connectivity index (χ2n) is 6.30. The highest BCUT2D eigenvalue weighted by Crippen LogP contribution is 2.30. The van der Waals surface area contributed by atoms with Crippen molar-refractivity contribution in [3.05, 3.63) is 34.9 Å². The van der Waals surface area contributed by atoms with Crippen LogP contribution < -0.4 is 0 Å². The molecule has 1 aromatic carbocycles. The van der Waals surface area contributed by atoms with Crippen LogP contribution in [-0.2, 0) is 11.2 Å². The average Bonchev–Trinajstić information content (AvgIpc) is 2.45. The molecule has 1 aliphatic carbocycles. The van der Waals surface area contributed by atoms with Crippen molar-refractivity contribution < 1.29 is 9.84 Å². The Bertz CT molecular complexity index is 421. The highest BCUT2D eigenvalue weighted by atomic mass is 16.5. The molecule has 20 heavy (non-hydrogen) atoms. The van der Waals surface area contributed by atoms with Gasteiger partial charge in [-0.3, -0.25) is 0 Å². The predicted molar refractivity (Wildman–Crippen MR) is 83.0 cm³/mol. The number of ether oxygens (including phenoxy) is 1. The quantitative estimate of drug-likeness (QED) is 0.886. The third kappa shape index (κ3) is 3.83. The molecule has 0 aromatic heterocycles. The maximum Gasteiger partial charge on any atom is 0.0861 e. The summed E-state index contributed by atoms with van der Waals surface area (Å²) in [5.41, 5.74) is 3.76. The monoisotopic (exact) mass is 276 g/mol. The maximum absolute atomic E-state index is 10.6. The van der Waals surface area contributed by atoms with E-state index in [9.17, 15) is 5.11 Å². The van der Waals surface area contributed by atoms with Crippen LogP contribution in [0.25, 0.3) is 0 Å². The molecular formula is C18H28O2. The summed E-state index contributed by atoms with van der Waals surface area (Å²) in [6.07, 6.45) is 6.56. The Kier molecular flexibility index (Phi) is 5.62. The van der Waals surface area contributed by atoms with Gasteiger partial charge in [-0.2, -0.15) is 0 Å². The van der Waals surface area contributed by atoms with E-state index >= 15 is 0 Å². The van der Waals surface area contributed by atoms with E-state index in [0.717, 1.165) is 0 Å². The van der Waals surface area contributed by atoms with E-state index in [1.54, 1.807) is 7.11 Å². The Balaban J connectivity index is 2.04. The van der Waals surface area contributed by atoms with Crippen molar-refractivity contribution in [2.24, 2.45) is 5.92 Å². The van der Waals surface area contributed by atoms with E-state index < -0.39 is 6.10 Å². The molecule has 0 aliphatic heterocycles. The minimum absolute atomic E-state index is 0.0183. The molecule has 0 amide bonds. The Morgan fingerprint density at radius 1 is 1.20 bits per heavy atom. The van der Waals surface area contributed by atoms with Crippen LogP contribution in [0.3, 0.4) is 0 Å². The first kappa shape index (κ1) is 15.5. The molecule has 0 saturated heterocycles. The summed E-state index contributed by atoms with van der Waals surface area (Å²) in [7, 11) is 1.74. The number of aliphatic hydroxyl groups excluding tert-OH is 1. The largest absolute Gasteiger partial charge is 0.390 e. The molecule has 1 saturated carbocycles. The molecule has 2 unspecified atom stereocenters. The van der Waals surface area contributed by atoms with Crippen LogP contribution in [0.1, 0.15) is 48.8 Å². The molecule has 0 radical (unpaired) electrons. The lowest BCUT2D eigenvalue weighted by molar-refractivity contribution is -0.0536. The molecule has 112 valence electrons. The smallest absolute Gasteiger partial charge is 0.0861 e. The van der Waals surface area contributed by atoms with E-state index in [1.165, 1.54) is 48.8 Å². The van der Waals surface area contributed by atoms with Crippen LogP contribution in [-0.4, -0.2) is 24.4 Å². The number of hydrogen-bond acceptors (Lipinski definition) is 2. The second-order valence-corrected chi connectivity index (χ2v) is 6.30. The normalized spacial score (nSPS) is 19.8. The van der Waals surface area contributed by atoms with Crippen molar-refractivity contribution >= 4 is 0 Å². The van der Waals surface area contributed by atoms with Crippen molar-refractivity contribution in [2.75, 3.05) is 7.11 Å². The number of methoxy groups -OCH3 is 1. The standard InChI is InChI=1S/C18H28O2/c1-13-9-10-14(2)16(11-13)12-17(19)18(20-3)15-7-5-4-6-8-15/h9-11,15,17-19H,4-8,12H2,1-3H3. The zero-order valence-corrected chi connectivity index (χ0v) is 13.1. The summed E-state index contributed by atoms with van der Waals surface area (Å²) in [6, 6.07) is 6.45. The molecular weight excluding hydrogens is 248 g/mol. The zero-order chi connectivity index (χ0) is 14.5. The van der Waals surface area contributed by atoms with Crippen molar-refractivity contribution in [3.63, 3.8) is 0 Å². The van der Waals surface area contributed by atoms with Gasteiger partial charge in [0.2, 0.25) is 0 Å². The van der Waals surface area contributed by atoms with Crippen molar-refractivity contribution in [2.45, 2.75) is 64.6 Å². The van der Waals surface area contributed by atoms with Gasteiger partial charge < -0.3 is 9.84 Å². The van der Waals surface area contributed by atoms with Gasteiger partial charge in [-0.1, -0.05) is 43.0 Å². The molecule has 1 aromatic rings. The molecule has 2 atom stereocenters. The Morgan fingerprint density at radius 2 is 1.90 bits per heavy atom. The minimum Gasteiger partial charge on any atom is -0.390 e. The van der Waals surface area contributed by atoms with Crippen molar-refractivity contribution in [3.8, 4) is 0 Å². The highest BCUT2D eigenvalue weighted by molar-refractivity contribution is 5.31. The molecule has 2 rings (SSSR count). The van der Waals surface area contributed by atoms with Crippen LogP contribution >= 0.6 is 0 Å². The van der Waals surface area contributed by atoms with Gasteiger partial charge in [0.1, 0.15) is 0 Å². The van der Waals surface area contributed by atoms with Gasteiger partial charge >= 0.3 is 0 Å². The third-order valence-electron chi connectivity index (χ3n) is 4.70. The van der Waals surface area contributed by atoms with E-state index in [-0.39, 0.29) is 6.10 Å². The molecule has 0 spiro atoms. The molecule has 0 heterocycles. The van der Waals surface area contributed by atoms with Crippen LogP contribution in [0.5, 0.6) is 0 Å². The van der Waals surface area contributed by atoms with Gasteiger partial charge in [-0.05, 0) is 43.7 Å². The first-order chi connectivity index (χ1) is 9.61. The van der Waals surface area contributed by atoms with Crippen LogP contribution in [0.4, 0.5) is 0 Å². The van der Waals surface area contributed by atoms with Gasteiger partial charge in [0, 0.05) is 13.5 Å². The lowest BCUT2D eigenvalue weighted by Gasteiger charge is -2.32. The van der Waals surface area contributed by atoms with Gasteiger partial charge in [-0.25, -0.2) is 0 Å². The summed E-state index contributed by atoms with van der Waals surface area (Å²) >= 11 is 0. The van der Waals surface area contributed by atoms with Gasteiger partial charge in [0.25, 0.3) is 0 Å². The fourth-order valence-electron chi connectivity index (χ4n) is 3.49. The van der Waals surface area contributed by atoms with Gasteiger partial charge in [-0.15, -0.1) is 0 Å². The highest BCUT2D eigenvalue weighted by Gasteiger charge is 2.29. The minimum atomic E-state index is -0.399. The van der Waals surface area contributed by atoms with Gasteiger partial charge in [0.05, 0.1) is 12.2 Å². The predicted octanol–water partition coefficient (Wildman–Crippen LogP) is 3.80. The second kappa shape index (κ2) is 7.24. The number of rotatable bonds is 5. The van der Waals surface area contributed by atoms with E-state index in [1.807, 2.05) is 0 Å². The fourth-order valence-corrected chi connectivity index (χ4v) is 3.49. The average molecular weight is 276 g/mol. The third-order valence-corrected chi connectivity index (χ3v) is 4.70. The number of hydrogen-bond donors (Lipinski definition) is 1. The summed E-state index contributed by atoms with van der Waals surface area (Å²) in [5.74, 6) is 0.522.